The molecule has 2 aromatic rings. The summed E-state index contributed by atoms with van der Waals surface area (Å²) in [5.74, 6) is -1.47. The number of hydrogen-bond donors (Lipinski definition) is 2. The molecule has 0 aliphatic rings. The minimum atomic E-state index is -2.89. The third kappa shape index (κ3) is 6.99. The number of ketones is 2. The van der Waals surface area contributed by atoms with Gasteiger partial charge in [-0.15, -0.1) is 0 Å². The highest BCUT2D eigenvalue weighted by Gasteiger charge is 2.40. The summed E-state index contributed by atoms with van der Waals surface area (Å²) in [6, 6.07) is 12.2. The van der Waals surface area contributed by atoms with E-state index >= 15 is 0 Å². The van der Waals surface area contributed by atoms with Crippen molar-refractivity contribution in [3.05, 3.63) is 59.7 Å². The van der Waals surface area contributed by atoms with E-state index < -0.39 is 14.7 Å². The fourth-order valence-corrected chi connectivity index (χ4v) is 6.20. The Hall–Kier alpha value is -2.52. The largest absolute Gasteiger partial charge is 0.508 e. The van der Waals surface area contributed by atoms with Gasteiger partial charge in [0.2, 0.25) is 0 Å². The summed E-state index contributed by atoms with van der Waals surface area (Å²) in [6.07, 6.45) is 0.798. The molecule has 0 aliphatic carbocycles. The van der Waals surface area contributed by atoms with Crippen molar-refractivity contribution in [3.63, 3.8) is 0 Å². The molecule has 2 aromatic carbocycles. The zero-order valence-corrected chi connectivity index (χ0v) is 19.9. The van der Waals surface area contributed by atoms with Crippen molar-refractivity contribution >= 4 is 20.4 Å². The van der Waals surface area contributed by atoms with Gasteiger partial charge in [0.25, 0.3) is 0 Å². The van der Waals surface area contributed by atoms with Crippen molar-refractivity contribution < 1.29 is 33.1 Å². The van der Waals surface area contributed by atoms with Crippen molar-refractivity contribution in [2.24, 2.45) is 5.92 Å². The smallest absolute Gasteiger partial charge is 0.500 e. The Labute approximate surface area is 190 Å². The van der Waals surface area contributed by atoms with Crippen molar-refractivity contribution in [2.45, 2.75) is 39.7 Å². The van der Waals surface area contributed by atoms with Crippen LogP contribution in [0.1, 0.15) is 54.3 Å². The van der Waals surface area contributed by atoms with Gasteiger partial charge in [0, 0.05) is 37.0 Å². The second-order valence-electron chi connectivity index (χ2n) is 7.25. The number of carbonyl (C=O) groups excluding carboxylic acids is 2. The molecule has 0 aromatic heterocycles. The fraction of sp³-hybridized carbons (Fsp3) is 0.417. The molecule has 2 rings (SSSR count). The SMILES string of the molecule is CCO[Si](CCCC(C(=O)c1ccc(O)cc1)C(=O)c1ccc(O)cc1)(OCC)OCC. The zero-order chi connectivity index (χ0) is 23.6. The van der Waals surface area contributed by atoms with Gasteiger partial charge < -0.3 is 23.5 Å². The van der Waals surface area contributed by atoms with Crippen LogP contribution in [-0.4, -0.2) is 50.4 Å². The molecule has 0 saturated heterocycles. The van der Waals surface area contributed by atoms with Crippen LogP contribution in [0.3, 0.4) is 0 Å². The third-order valence-electron chi connectivity index (χ3n) is 5.01. The van der Waals surface area contributed by atoms with Crippen LogP contribution in [0.5, 0.6) is 11.5 Å². The first-order valence-corrected chi connectivity index (χ1v) is 12.9. The van der Waals surface area contributed by atoms with Crippen LogP contribution < -0.4 is 0 Å². The summed E-state index contributed by atoms with van der Waals surface area (Å²) in [7, 11) is -2.89. The van der Waals surface area contributed by atoms with Gasteiger partial charge in [0.05, 0.1) is 5.92 Å². The molecule has 0 radical (unpaired) electrons. The predicted molar refractivity (Wildman–Crippen MR) is 123 cm³/mol. The molecule has 0 bridgehead atoms. The van der Waals surface area contributed by atoms with Gasteiger partial charge >= 0.3 is 8.80 Å². The Balaban J connectivity index is 2.25. The van der Waals surface area contributed by atoms with Gasteiger partial charge in [-0.2, -0.15) is 0 Å². The minimum Gasteiger partial charge on any atom is -0.508 e. The number of phenols is 2. The van der Waals surface area contributed by atoms with Crippen LogP contribution in [0.25, 0.3) is 0 Å². The molecule has 7 nitrogen and oxygen atoms in total. The molecular weight excluding hydrogens is 428 g/mol. The van der Waals surface area contributed by atoms with Gasteiger partial charge in [-0.25, -0.2) is 0 Å². The molecule has 32 heavy (non-hydrogen) atoms. The molecule has 2 N–H and O–H groups in total. The number of carbonyl (C=O) groups is 2. The van der Waals surface area contributed by atoms with Gasteiger partial charge in [-0.05, 0) is 82.1 Å². The third-order valence-corrected chi connectivity index (χ3v) is 8.16. The van der Waals surface area contributed by atoms with Crippen LogP contribution in [-0.2, 0) is 13.3 Å². The van der Waals surface area contributed by atoms with Crippen molar-refractivity contribution in [3.8, 4) is 11.5 Å². The molecule has 0 unspecified atom stereocenters. The zero-order valence-electron chi connectivity index (χ0n) is 18.9. The van der Waals surface area contributed by atoms with Gasteiger partial charge in [-0.3, -0.25) is 9.59 Å². The van der Waals surface area contributed by atoms with E-state index in [2.05, 4.69) is 0 Å². The Morgan fingerprint density at radius 3 is 1.47 bits per heavy atom. The van der Waals surface area contributed by atoms with Crippen molar-refractivity contribution in [2.75, 3.05) is 19.8 Å². The molecule has 0 atom stereocenters. The molecule has 174 valence electrons. The van der Waals surface area contributed by atoms with E-state index in [0.29, 0.717) is 49.8 Å². The lowest BCUT2D eigenvalue weighted by Crippen LogP contribution is -2.46. The van der Waals surface area contributed by atoms with Crippen LogP contribution in [0.2, 0.25) is 6.04 Å². The van der Waals surface area contributed by atoms with Crippen molar-refractivity contribution in [1.29, 1.82) is 0 Å². The van der Waals surface area contributed by atoms with E-state index in [1.807, 2.05) is 20.8 Å². The number of hydrogen-bond acceptors (Lipinski definition) is 7. The van der Waals surface area contributed by atoms with E-state index in [4.69, 9.17) is 13.3 Å². The topological polar surface area (TPSA) is 102 Å². The predicted octanol–water partition coefficient (Wildman–Crippen LogP) is 4.61. The molecule has 0 amide bonds. The maximum atomic E-state index is 13.2. The lowest BCUT2D eigenvalue weighted by molar-refractivity contribution is 0.0684. The Kier molecular flexibility index (Phi) is 10.1. The lowest BCUT2D eigenvalue weighted by Gasteiger charge is -2.28. The van der Waals surface area contributed by atoms with Crippen LogP contribution in [0.15, 0.2) is 48.5 Å². The highest BCUT2D eigenvalue weighted by Crippen LogP contribution is 2.26. The summed E-state index contributed by atoms with van der Waals surface area (Å²) in [4.78, 5) is 26.5. The first kappa shape index (κ1) is 25.7. The van der Waals surface area contributed by atoms with Crippen LogP contribution in [0, 0.1) is 5.92 Å². The van der Waals surface area contributed by atoms with Gasteiger partial charge in [0.1, 0.15) is 11.5 Å². The summed E-state index contributed by atoms with van der Waals surface area (Å²) in [6.45, 7) is 7.00. The van der Waals surface area contributed by atoms with Gasteiger partial charge in [0.15, 0.2) is 11.6 Å². The molecule has 0 heterocycles. The number of rotatable bonds is 14. The molecule has 0 aliphatic heterocycles. The summed E-state index contributed by atoms with van der Waals surface area (Å²) in [5.41, 5.74) is 0.700. The maximum Gasteiger partial charge on any atom is 0.500 e. The fourth-order valence-electron chi connectivity index (χ4n) is 3.56. The van der Waals surface area contributed by atoms with E-state index in [1.165, 1.54) is 48.5 Å². The highest BCUT2D eigenvalue weighted by atomic mass is 28.4. The molecular formula is C24H32O7Si. The second-order valence-corrected chi connectivity index (χ2v) is 9.98. The monoisotopic (exact) mass is 460 g/mol. The minimum absolute atomic E-state index is 0.0453. The van der Waals surface area contributed by atoms with Gasteiger partial charge in [-0.1, -0.05) is 0 Å². The van der Waals surface area contributed by atoms with Crippen LogP contribution >= 0.6 is 0 Å². The quantitative estimate of drug-likeness (QED) is 0.241. The summed E-state index contributed by atoms with van der Waals surface area (Å²) in [5, 5.41) is 19.1. The molecule has 0 fully saturated rings. The van der Waals surface area contributed by atoms with E-state index in [0.717, 1.165) is 0 Å². The van der Waals surface area contributed by atoms with E-state index in [-0.39, 0.29) is 23.1 Å². The second kappa shape index (κ2) is 12.5. The highest BCUT2D eigenvalue weighted by molar-refractivity contribution is 6.60. The summed E-state index contributed by atoms with van der Waals surface area (Å²) < 4.78 is 17.6. The standard InChI is InChI=1S/C24H32O7Si/c1-4-29-32(30-5-2,31-6-3)17-7-8-22(23(27)18-9-13-20(25)14-10-18)24(28)19-11-15-21(26)16-12-19/h9-16,22,25-26H,4-8,17H2,1-3H3. The maximum absolute atomic E-state index is 13.2. The molecule has 0 spiro atoms. The Morgan fingerprint density at radius 1 is 0.750 bits per heavy atom. The Bertz CT molecular complexity index is 790. The number of aromatic hydroxyl groups is 2. The average Bonchev–Trinajstić information content (AvgIpc) is 2.77. The number of benzene rings is 2. The Morgan fingerprint density at radius 2 is 1.12 bits per heavy atom. The lowest BCUT2D eigenvalue weighted by atomic mass is 9.86. The van der Waals surface area contributed by atoms with E-state index in [9.17, 15) is 19.8 Å². The van der Waals surface area contributed by atoms with Crippen molar-refractivity contribution in [1.82, 2.24) is 0 Å². The normalized spacial score (nSPS) is 11.6. The number of Topliss-reactive ketones (excluding diaryl/α,β-unsaturated/α-hetero) is 2. The first-order valence-electron chi connectivity index (χ1n) is 10.9. The molecule has 8 heteroatoms. The first-order chi connectivity index (χ1) is 15.4. The molecule has 0 saturated carbocycles. The van der Waals surface area contributed by atoms with E-state index in [1.54, 1.807) is 0 Å². The average molecular weight is 461 g/mol. The number of phenolic OH excluding ortho intramolecular Hbond substituents is 2. The summed E-state index contributed by atoms with van der Waals surface area (Å²) >= 11 is 0. The van der Waals surface area contributed by atoms with Crippen LogP contribution in [0.4, 0.5) is 0 Å².